The second kappa shape index (κ2) is 19.4. The van der Waals surface area contributed by atoms with Crippen molar-refractivity contribution in [1.82, 2.24) is 21.3 Å². The van der Waals surface area contributed by atoms with E-state index in [2.05, 4.69) is 52.1 Å². The topological polar surface area (TPSA) is 65.2 Å². The van der Waals surface area contributed by atoms with E-state index < -0.39 is 0 Å². The second-order valence-corrected chi connectivity index (χ2v) is 11.8. The van der Waals surface area contributed by atoms with Gasteiger partial charge in [-0.25, -0.2) is 0 Å². The highest BCUT2D eigenvalue weighted by Gasteiger charge is 2.40. The fourth-order valence-electron chi connectivity index (χ4n) is 5.19. The number of thioether (sulfide) groups is 1. The molecule has 0 saturated carbocycles. The molecule has 0 spiro atoms. The molecule has 0 aromatic rings. The van der Waals surface area contributed by atoms with E-state index in [1.54, 1.807) is 0 Å². The first-order valence-electron chi connectivity index (χ1n) is 14.6. The second-order valence-electron chi connectivity index (χ2n) is 10.5. The van der Waals surface area contributed by atoms with Gasteiger partial charge in [0.1, 0.15) is 0 Å². The molecular weight excluding hydrogens is 464 g/mol. The molecule has 5 nitrogen and oxygen atoms in total. The van der Waals surface area contributed by atoms with E-state index >= 15 is 0 Å². The van der Waals surface area contributed by atoms with Crippen molar-refractivity contribution in [3.8, 4) is 12.3 Å². The highest BCUT2D eigenvalue weighted by molar-refractivity contribution is 8.00. The highest BCUT2D eigenvalue weighted by Crippen LogP contribution is 2.34. The van der Waals surface area contributed by atoms with Gasteiger partial charge in [0.2, 0.25) is 5.91 Å². The average Bonchev–Trinajstić information content (AvgIpc) is 3.42. The molecule has 36 heavy (non-hydrogen) atoms. The van der Waals surface area contributed by atoms with Crippen molar-refractivity contribution in [2.75, 3.05) is 18.8 Å². The van der Waals surface area contributed by atoms with Crippen molar-refractivity contribution in [2.45, 2.75) is 126 Å². The third kappa shape index (κ3) is 13.5. The number of hydrogen-bond donors (Lipinski definition) is 4. The maximum absolute atomic E-state index is 12.1. The summed E-state index contributed by atoms with van der Waals surface area (Å²) in [6, 6.07) is 1.06. The number of carbonyl (C=O) groups excluding carboxylic acids is 1. The molecule has 2 fully saturated rings. The molecule has 204 valence electrons. The largest absolute Gasteiger partial charge is 0.378 e. The molecule has 0 radical (unpaired) electrons. The minimum absolute atomic E-state index is 0.228. The molecule has 2 aliphatic rings. The number of nitrogens with one attached hydrogen (secondary N) is 4. The van der Waals surface area contributed by atoms with E-state index in [-0.39, 0.29) is 5.91 Å². The maximum Gasteiger partial charge on any atom is 0.219 e. The van der Waals surface area contributed by atoms with Crippen LogP contribution in [-0.4, -0.2) is 42.1 Å². The molecule has 0 aliphatic carbocycles. The SMILES string of the molecule is C#CCNC(=C)CCCCCCCCCCCCCCNC(=O)CCCCC1SCC2NC(=C)NC21. The number of hydrogen-bond acceptors (Lipinski definition) is 5. The number of unbranched alkanes of at least 4 members (excludes halogenated alkanes) is 12. The van der Waals surface area contributed by atoms with Crippen LogP contribution in [0.4, 0.5) is 0 Å². The van der Waals surface area contributed by atoms with E-state index in [0.717, 1.165) is 49.5 Å². The zero-order chi connectivity index (χ0) is 25.8. The van der Waals surface area contributed by atoms with Crippen LogP contribution in [-0.2, 0) is 4.79 Å². The van der Waals surface area contributed by atoms with E-state index in [1.807, 2.05) is 0 Å². The summed E-state index contributed by atoms with van der Waals surface area (Å²) in [5.41, 5.74) is 1.07. The van der Waals surface area contributed by atoms with Crippen molar-refractivity contribution >= 4 is 17.7 Å². The van der Waals surface area contributed by atoms with Gasteiger partial charge in [-0.15, -0.1) is 6.42 Å². The van der Waals surface area contributed by atoms with E-state index in [1.165, 1.54) is 77.0 Å². The molecule has 3 atom stereocenters. The van der Waals surface area contributed by atoms with Gasteiger partial charge in [0.05, 0.1) is 24.4 Å². The summed E-state index contributed by atoms with van der Waals surface area (Å²) in [5.74, 6) is 4.94. The van der Waals surface area contributed by atoms with Gasteiger partial charge in [-0.05, 0) is 32.1 Å². The number of fused-ring (bicyclic) bond motifs is 1. The summed E-state index contributed by atoms with van der Waals surface area (Å²) in [6.07, 6.45) is 25.9. The lowest BCUT2D eigenvalue weighted by Crippen LogP contribution is -2.36. The Morgan fingerprint density at radius 3 is 2.17 bits per heavy atom. The Bertz CT molecular complexity index is 689. The molecule has 1 amide bonds. The fraction of sp³-hybridized carbons (Fsp3) is 0.767. The van der Waals surface area contributed by atoms with Gasteiger partial charge in [0.25, 0.3) is 0 Å². The number of terminal acetylenes is 1. The van der Waals surface area contributed by atoms with Crippen molar-refractivity contribution in [2.24, 2.45) is 0 Å². The predicted molar refractivity (Wildman–Crippen MR) is 157 cm³/mol. The van der Waals surface area contributed by atoms with Crippen LogP contribution in [0, 0.1) is 12.3 Å². The van der Waals surface area contributed by atoms with Crippen LogP contribution in [0.15, 0.2) is 24.7 Å². The number of rotatable bonds is 22. The molecule has 2 rings (SSSR count). The summed E-state index contributed by atoms with van der Waals surface area (Å²) in [4.78, 5) is 12.1. The zero-order valence-corrected chi connectivity index (χ0v) is 23.5. The van der Waals surface area contributed by atoms with Crippen LogP contribution in [0.2, 0.25) is 0 Å². The van der Waals surface area contributed by atoms with Crippen molar-refractivity contribution in [3.05, 3.63) is 24.7 Å². The van der Waals surface area contributed by atoms with E-state index in [9.17, 15) is 4.79 Å². The van der Waals surface area contributed by atoms with E-state index in [4.69, 9.17) is 6.42 Å². The standard InChI is InChI=1S/C30H52N4OS/c1-4-22-31-25(2)19-15-13-11-9-7-5-6-8-10-12-14-18-23-32-29(35)21-17-16-20-28-30-27(24-36-28)33-26(3)34-30/h1,27-28,30-31,33-34H,2-3,5-24H2,(H,32,35). The number of amides is 1. The summed E-state index contributed by atoms with van der Waals surface area (Å²) < 4.78 is 0. The Labute approximate surface area is 225 Å². The van der Waals surface area contributed by atoms with Gasteiger partial charge >= 0.3 is 0 Å². The molecule has 2 saturated heterocycles. The van der Waals surface area contributed by atoms with Crippen LogP contribution in [0.1, 0.15) is 109 Å². The Morgan fingerprint density at radius 1 is 0.889 bits per heavy atom. The molecular formula is C30H52N4OS. The Balaban J connectivity index is 1.26. The monoisotopic (exact) mass is 516 g/mol. The normalized spacial score (nSPS) is 20.3. The maximum atomic E-state index is 12.1. The lowest BCUT2D eigenvalue weighted by atomic mass is 10.0. The molecule has 0 bridgehead atoms. The van der Waals surface area contributed by atoms with E-state index in [0.29, 0.717) is 30.3 Å². The van der Waals surface area contributed by atoms with Crippen LogP contribution in [0.3, 0.4) is 0 Å². The molecule has 2 aliphatic heterocycles. The summed E-state index contributed by atoms with van der Waals surface area (Å²) in [6.45, 7) is 9.42. The molecule has 0 aromatic carbocycles. The number of carbonyl (C=O) groups is 1. The minimum Gasteiger partial charge on any atom is -0.378 e. The van der Waals surface area contributed by atoms with Gasteiger partial charge in [-0.3, -0.25) is 4.79 Å². The van der Waals surface area contributed by atoms with Gasteiger partial charge in [-0.2, -0.15) is 11.8 Å². The fourth-order valence-corrected chi connectivity index (χ4v) is 6.73. The zero-order valence-electron chi connectivity index (χ0n) is 22.7. The first-order chi connectivity index (χ1) is 17.6. The first-order valence-corrected chi connectivity index (χ1v) is 15.6. The third-order valence-corrected chi connectivity index (χ3v) is 8.84. The molecule has 3 unspecified atom stereocenters. The number of allylic oxidation sites excluding steroid dienone is 1. The lowest BCUT2D eigenvalue weighted by Gasteiger charge is -2.17. The van der Waals surface area contributed by atoms with Gasteiger partial charge in [0.15, 0.2) is 0 Å². The summed E-state index contributed by atoms with van der Waals surface area (Å²) in [7, 11) is 0. The lowest BCUT2D eigenvalue weighted by molar-refractivity contribution is -0.121. The van der Waals surface area contributed by atoms with Crippen LogP contribution >= 0.6 is 11.8 Å². The first kappa shape index (κ1) is 30.5. The van der Waals surface area contributed by atoms with Crippen molar-refractivity contribution in [3.63, 3.8) is 0 Å². The van der Waals surface area contributed by atoms with Crippen LogP contribution in [0.5, 0.6) is 0 Å². The van der Waals surface area contributed by atoms with Crippen LogP contribution < -0.4 is 21.3 Å². The predicted octanol–water partition coefficient (Wildman–Crippen LogP) is 5.99. The van der Waals surface area contributed by atoms with Crippen molar-refractivity contribution in [1.29, 1.82) is 0 Å². The summed E-state index contributed by atoms with van der Waals surface area (Å²) in [5, 5.41) is 13.8. The Kier molecular flexibility index (Phi) is 16.4. The summed E-state index contributed by atoms with van der Waals surface area (Å²) >= 11 is 2.05. The van der Waals surface area contributed by atoms with Gasteiger partial charge in [-0.1, -0.05) is 89.7 Å². The van der Waals surface area contributed by atoms with Crippen LogP contribution in [0.25, 0.3) is 0 Å². The average molecular weight is 517 g/mol. The third-order valence-electron chi connectivity index (χ3n) is 7.33. The smallest absolute Gasteiger partial charge is 0.219 e. The minimum atomic E-state index is 0.228. The van der Waals surface area contributed by atoms with Gasteiger partial charge < -0.3 is 21.3 Å². The van der Waals surface area contributed by atoms with Gasteiger partial charge in [0, 0.05) is 29.7 Å². The molecule has 2 heterocycles. The van der Waals surface area contributed by atoms with Crippen molar-refractivity contribution < 1.29 is 4.79 Å². The quantitative estimate of drug-likeness (QED) is 0.105. The molecule has 0 aromatic heterocycles. The molecule has 4 N–H and O–H groups in total. The Hall–Kier alpha value is -1.74. The highest BCUT2D eigenvalue weighted by atomic mass is 32.2. The Morgan fingerprint density at radius 2 is 1.50 bits per heavy atom. The molecule has 6 heteroatoms.